The summed E-state index contributed by atoms with van der Waals surface area (Å²) in [4.78, 5) is 20.8. The number of fused-ring (bicyclic) bond motifs is 1. The van der Waals surface area contributed by atoms with E-state index >= 15 is 0 Å². The lowest BCUT2D eigenvalue weighted by molar-refractivity contribution is -0.117. The largest absolute Gasteiger partial charge is 0.363 e. The molecule has 1 aliphatic heterocycles. The fourth-order valence-corrected chi connectivity index (χ4v) is 2.56. The molecule has 0 fully saturated rings. The molecular formula is C11H15N3OS. The van der Waals surface area contributed by atoms with Gasteiger partial charge in [-0.3, -0.25) is 4.79 Å². The van der Waals surface area contributed by atoms with Crippen LogP contribution in [0.2, 0.25) is 0 Å². The van der Waals surface area contributed by atoms with Gasteiger partial charge in [-0.1, -0.05) is 0 Å². The zero-order chi connectivity index (χ0) is 11.7. The lowest BCUT2D eigenvalue weighted by atomic mass is 10.3. The summed E-state index contributed by atoms with van der Waals surface area (Å²) in [6.45, 7) is 0. The van der Waals surface area contributed by atoms with Gasteiger partial charge in [0, 0.05) is 50.5 Å². The van der Waals surface area contributed by atoms with Crippen LogP contribution >= 0.6 is 11.8 Å². The molecule has 16 heavy (non-hydrogen) atoms. The van der Waals surface area contributed by atoms with Crippen molar-refractivity contribution in [3.05, 3.63) is 12.3 Å². The van der Waals surface area contributed by atoms with Crippen LogP contribution in [0, 0.1) is 0 Å². The van der Waals surface area contributed by atoms with Crippen LogP contribution in [0.4, 0.5) is 11.5 Å². The maximum absolute atomic E-state index is 11.7. The predicted molar refractivity (Wildman–Crippen MR) is 67.3 cm³/mol. The van der Waals surface area contributed by atoms with E-state index in [0.29, 0.717) is 6.42 Å². The van der Waals surface area contributed by atoms with Gasteiger partial charge in [0.1, 0.15) is 5.82 Å². The second kappa shape index (κ2) is 4.33. The fraction of sp³-hybridized carbons (Fsp3) is 0.455. The molecule has 0 spiro atoms. The molecule has 0 unspecified atom stereocenters. The number of hydrogen-bond donors (Lipinski definition) is 0. The number of anilines is 2. The molecule has 0 radical (unpaired) electrons. The van der Waals surface area contributed by atoms with Crippen LogP contribution in [0.1, 0.15) is 6.42 Å². The number of rotatable bonds is 1. The summed E-state index contributed by atoms with van der Waals surface area (Å²) in [5.74, 6) is 1.88. The van der Waals surface area contributed by atoms with Crippen molar-refractivity contribution in [1.29, 1.82) is 0 Å². The minimum Gasteiger partial charge on any atom is -0.363 e. The van der Waals surface area contributed by atoms with Gasteiger partial charge in [0.25, 0.3) is 0 Å². The molecule has 2 heterocycles. The lowest BCUT2D eigenvalue weighted by Gasteiger charge is -2.19. The first-order valence-electron chi connectivity index (χ1n) is 5.16. The molecule has 0 saturated carbocycles. The first kappa shape index (κ1) is 11.3. The molecule has 0 atom stereocenters. The second-order valence-corrected chi connectivity index (χ2v) is 5.09. The van der Waals surface area contributed by atoms with Gasteiger partial charge in [0.05, 0.1) is 5.69 Å². The van der Waals surface area contributed by atoms with E-state index in [4.69, 9.17) is 0 Å². The second-order valence-electron chi connectivity index (χ2n) is 3.96. The highest BCUT2D eigenvalue weighted by atomic mass is 32.2. The van der Waals surface area contributed by atoms with Crippen molar-refractivity contribution in [3.8, 4) is 0 Å². The average molecular weight is 237 g/mol. The smallest absolute Gasteiger partial charge is 0.227 e. The van der Waals surface area contributed by atoms with Gasteiger partial charge in [-0.25, -0.2) is 4.98 Å². The summed E-state index contributed by atoms with van der Waals surface area (Å²) in [6, 6.07) is 1.96. The van der Waals surface area contributed by atoms with E-state index in [9.17, 15) is 4.79 Å². The Morgan fingerprint density at radius 2 is 2.25 bits per heavy atom. The zero-order valence-corrected chi connectivity index (χ0v) is 10.5. The van der Waals surface area contributed by atoms with E-state index in [2.05, 4.69) is 4.98 Å². The van der Waals surface area contributed by atoms with Crippen molar-refractivity contribution in [2.24, 2.45) is 0 Å². The first-order chi connectivity index (χ1) is 7.59. The number of amides is 1. The van der Waals surface area contributed by atoms with E-state index in [1.807, 2.05) is 38.3 Å². The normalized spacial score (nSPS) is 15.7. The minimum atomic E-state index is 0.169. The molecular weight excluding hydrogens is 222 g/mol. The summed E-state index contributed by atoms with van der Waals surface area (Å²) >= 11 is 1.69. The highest BCUT2D eigenvalue weighted by Gasteiger charge is 2.20. The SMILES string of the molecule is CN(C)c1cc2c(cn1)SCCC(=O)N2C. The van der Waals surface area contributed by atoms with Gasteiger partial charge in [-0.15, -0.1) is 11.8 Å². The van der Waals surface area contributed by atoms with Crippen molar-refractivity contribution < 1.29 is 4.79 Å². The predicted octanol–water partition coefficient (Wildman–Crippen LogP) is 1.61. The van der Waals surface area contributed by atoms with E-state index in [1.165, 1.54) is 0 Å². The van der Waals surface area contributed by atoms with E-state index in [-0.39, 0.29) is 5.91 Å². The number of thioether (sulfide) groups is 1. The molecule has 1 aromatic rings. The number of carbonyl (C=O) groups excluding carboxylic acids is 1. The third-order valence-electron chi connectivity index (χ3n) is 2.60. The van der Waals surface area contributed by atoms with E-state index in [1.54, 1.807) is 16.7 Å². The van der Waals surface area contributed by atoms with Crippen molar-refractivity contribution in [2.45, 2.75) is 11.3 Å². The van der Waals surface area contributed by atoms with Crippen LogP contribution in [-0.2, 0) is 4.79 Å². The van der Waals surface area contributed by atoms with Gasteiger partial charge in [-0.05, 0) is 0 Å². The highest BCUT2D eigenvalue weighted by molar-refractivity contribution is 7.99. The molecule has 4 nitrogen and oxygen atoms in total. The standard InChI is InChI=1S/C11H15N3OS/c1-13(2)10-6-8-9(7-12-10)16-5-4-11(15)14(8)3/h6-7H,4-5H2,1-3H3. The van der Waals surface area contributed by atoms with Crippen LogP contribution in [-0.4, -0.2) is 37.8 Å². The maximum Gasteiger partial charge on any atom is 0.227 e. The van der Waals surface area contributed by atoms with Crippen LogP contribution in [0.15, 0.2) is 17.2 Å². The topological polar surface area (TPSA) is 36.4 Å². The van der Waals surface area contributed by atoms with Gasteiger partial charge in [-0.2, -0.15) is 0 Å². The molecule has 0 aliphatic carbocycles. The zero-order valence-electron chi connectivity index (χ0n) is 9.73. The Kier molecular flexibility index (Phi) is 3.05. The van der Waals surface area contributed by atoms with E-state index in [0.717, 1.165) is 22.2 Å². The molecule has 5 heteroatoms. The van der Waals surface area contributed by atoms with Gasteiger partial charge in [0.15, 0.2) is 0 Å². The Morgan fingerprint density at radius 1 is 1.50 bits per heavy atom. The van der Waals surface area contributed by atoms with Crippen LogP contribution < -0.4 is 9.80 Å². The molecule has 86 valence electrons. The number of nitrogens with zero attached hydrogens (tertiary/aromatic N) is 3. The summed E-state index contributed by atoms with van der Waals surface area (Å²) in [5, 5.41) is 0. The van der Waals surface area contributed by atoms with Crippen LogP contribution in [0.25, 0.3) is 0 Å². The number of carbonyl (C=O) groups is 1. The van der Waals surface area contributed by atoms with Gasteiger partial charge < -0.3 is 9.80 Å². The Hall–Kier alpha value is -1.23. The molecule has 2 rings (SSSR count). The third-order valence-corrected chi connectivity index (χ3v) is 3.63. The van der Waals surface area contributed by atoms with Crippen LogP contribution in [0.3, 0.4) is 0 Å². The molecule has 1 aliphatic rings. The molecule has 0 saturated heterocycles. The monoisotopic (exact) mass is 237 g/mol. The Balaban J connectivity index is 2.46. The number of aromatic nitrogens is 1. The van der Waals surface area contributed by atoms with E-state index < -0.39 is 0 Å². The van der Waals surface area contributed by atoms with Crippen molar-refractivity contribution in [2.75, 3.05) is 36.7 Å². The van der Waals surface area contributed by atoms with Gasteiger partial charge >= 0.3 is 0 Å². The Labute approximate surface area is 99.6 Å². The molecule has 1 amide bonds. The average Bonchev–Trinajstić information content (AvgIpc) is 2.40. The van der Waals surface area contributed by atoms with Crippen molar-refractivity contribution in [1.82, 2.24) is 4.98 Å². The highest BCUT2D eigenvalue weighted by Crippen LogP contribution is 2.34. The number of pyridine rings is 1. The Bertz CT molecular complexity index is 420. The van der Waals surface area contributed by atoms with Gasteiger partial charge in [0.2, 0.25) is 5.91 Å². The molecule has 0 bridgehead atoms. The first-order valence-corrected chi connectivity index (χ1v) is 6.15. The maximum atomic E-state index is 11.7. The van der Waals surface area contributed by atoms with Crippen LogP contribution in [0.5, 0.6) is 0 Å². The fourth-order valence-electron chi connectivity index (χ4n) is 1.59. The van der Waals surface area contributed by atoms with Crippen molar-refractivity contribution >= 4 is 29.2 Å². The third kappa shape index (κ3) is 2.00. The molecule has 0 N–H and O–H groups in total. The minimum absolute atomic E-state index is 0.169. The summed E-state index contributed by atoms with van der Waals surface area (Å²) in [6.07, 6.45) is 2.44. The Morgan fingerprint density at radius 3 is 2.94 bits per heavy atom. The summed E-state index contributed by atoms with van der Waals surface area (Å²) in [7, 11) is 5.72. The summed E-state index contributed by atoms with van der Waals surface area (Å²) in [5.41, 5.74) is 0.964. The quantitative estimate of drug-likeness (QED) is 0.743. The molecule has 0 aromatic carbocycles. The summed E-state index contributed by atoms with van der Waals surface area (Å²) < 4.78 is 0. The number of hydrogen-bond acceptors (Lipinski definition) is 4. The lowest BCUT2D eigenvalue weighted by Crippen LogP contribution is -2.25. The molecule has 1 aromatic heterocycles. The van der Waals surface area contributed by atoms with Crippen molar-refractivity contribution in [3.63, 3.8) is 0 Å².